The van der Waals surface area contributed by atoms with Gasteiger partial charge < -0.3 is 14.1 Å². The van der Waals surface area contributed by atoms with Crippen molar-refractivity contribution < 1.29 is 18.7 Å². The Morgan fingerprint density at radius 3 is 2.47 bits per heavy atom. The topological polar surface area (TPSA) is 120 Å². The van der Waals surface area contributed by atoms with Crippen LogP contribution in [0.15, 0.2) is 53.1 Å². The van der Waals surface area contributed by atoms with Gasteiger partial charge in [0.2, 0.25) is 0 Å². The van der Waals surface area contributed by atoms with Crippen LogP contribution >= 0.6 is 0 Å². The minimum atomic E-state index is -0.671. The molecule has 8 heteroatoms. The Hall–Kier alpha value is -4.17. The molecule has 2 aromatic heterocycles. The lowest BCUT2D eigenvalue weighted by atomic mass is 10.1. The summed E-state index contributed by atoms with van der Waals surface area (Å²) < 4.78 is 10.6. The summed E-state index contributed by atoms with van der Waals surface area (Å²) >= 11 is 0. The highest BCUT2D eigenvalue weighted by Crippen LogP contribution is 2.25. The van der Waals surface area contributed by atoms with E-state index in [0.29, 0.717) is 22.4 Å². The van der Waals surface area contributed by atoms with Gasteiger partial charge in [0.15, 0.2) is 12.4 Å². The number of nitrogens with zero attached hydrogens (tertiary/aromatic N) is 4. The monoisotopic (exact) mass is 402 g/mol. The number of ether oxygens (including phenoxy) is 1. The van der Waals surface area contributed by atoms with Gasteiger partial charge in [-0.3, -0.25) is 4.79 Å². The highest BCUT2D eigenvalue weighted by Gasteiger charge is 2.19. The second kappa shape index (κ2) is 9.85. The molecule has 1 amide bonds. The summed E-state index contributed by atoms with van der Waals surface area (Å²) in [5.74, 6) is -0.626. The fourth-order valence-corrected chi connectivity index (χ4v) is 2.92. The molecule has 3 aromatic rings. The van der Waals surface area contributed by atoms with Gasteiger partial charge in [-0.05, 0) is 24.3 Å². The lowest BCUT2D eigenvalue weighted by Crippen LogP contribution is -2.36. The van der Waals surface area contributed by atoms with Gasteiger partial charge in [-0.15, -0.1) is 0 Å². The molecule has 30 heavy (non-hydrogen) atoms. The molecule has 0 bridgehead atoms. The molecule has 0 aliphatic rings. The van der Waals surface area contributed by atoms with E-state index in [2.05, 4.69) is 4.98 Å². The van der Waals surface area contributed by atoms with E-state index >= 15 is 0 Å². The molecule has 8 nitrogen and oxygen atoms in total. The number of para-hydroxylation sites is 1. The molecule has 3 rings (SSSR count). The maximum absolute atomic E-state index is 12.8. The number of fused-ring (bicyclic) bond motifs is 1. The molecule has 0 saturated carbocycles. The molecule has 2 heterocycles. The standard InChI is InChI=1S/C22H18N4O4/c23-9-4-11-26(12-5-10-24)21(27)15-30-22(28)17-14-19(20-8-3-13-29-20)25-18-7-2-1-6-16(17)18/h1-3,6-8,13-14H,4-5,11-12,15H2. The first-order chi connectivity index (χ1) is 14.6. The fourth-order valence-electron chi connectivity index (χ4n) is 2.92. The third-order valence-electron chi connectivity index (χ3n) is 4.38. The molecule has 0 aliphatic carbocycles. The van der Waals surface area contributed by atoms with Gasteiger partial charge in [-0.25, -0.2) is 9.78 Å². The Bertz CT molecular complexity index is 1110. The van der Waals surface area contributed by atoms with Gasteiger partial charge in [0.1, 0.15) is 5.69 Å². The predicted octanol–water partition coefficient (Wildman–Crippen LogP) is 3.31. The first kappa shape index (κ1) is 20.6. The highest BCUT2D eigenvalue weighted by molar-refractivity contribution is 6.05. The van der Waals surface area contributed by atoms with Gasteiger partial charge >= 0.3 is 5.97 Å². The number of carbonyl (C=O) groups excluding carboxylic acids is 2. The molecule has 0 unspecified atom stereocenters. The summed E-state index contributed by atoms with van der Waals surface area (Å²) in [5, 5.41) is 18.1. The number of amides is 1. The van der Waals surface area contributed by atoms with Crippen molar-refractivity contribution in [2.45, 2.75) is 12.8 Å². The second-order valence-corrected chi connectivity index (χ2v) is 6.32. The first-order valence-electron chi connectivity index (χ1n) is 9.26. The van der Waals surface area contributed by atoms with Crippen LogP contribution in [0.25, 0.3) is 22.4 Å². The SMILES string of the molecule is N#CCCN(CCC#N)C(=O)COC(=O)c1cc(-c2ccco2)nc2ccccc12. The highest BCUT2D eigenvalue weighted by atomic mass is 16.5. The first-order valence-corrected chi connectivity index (χ1v) is 9.26. The Labute approximate surface area is 172 Å². The number of esters is 1. The van der Waals surface area contributed by atoms with E-state index in [-0.39, 0.29) is 31.5 Å². The number of carbonyl (C=O) groups is 2. The molecule has 0 radical (unpaired) electrons. The predicted molar refractivity (Wildman–Crippen MR) is 107 cm³/mol. The van der Waals surface area contributed by atoms with Crippen molar-refractivity contribution in [1.82, 2.24) is 9.88 Å². The lowest BCUT2D eigenvalue weighted by Gasteiger charge is -2.20. The van der Waals surface area contributed by atoms with Gasteiger partial charge in [0.05, 0.1) is 42.3 Å². The molecule has 0 N–H and O–H groups in total. The Morgan fingerprint density at radius 2 is 1.80 bits per heavy atom. The van der Waals surface area contributed by atoms with Crippen LogP contribution in [-0.2, 0) is 9.53 Å². The fraction of sp³-hybridized carbons (Fsp3) is 0.227. The smallest absolute Gasteiger partial charge is 0.339 e. The van der Waals surface area contributed by atoms with Crippen LogP contribution in [0.4, 0.5) is 0 Å². The number of pyridine rings is 1. The lowest BCUT2D eigenvalue weighted by molar-refractivity contribution is -0.134. The second-order valence-electron chi connectivity index (χ2n) is 6.32. The van der Waals surface area contributed by atoms with Crippen molar-refractivity contribution in [2.75, 3.05) is 19.7 Å². The number of aromatic nitrogens is 1. The molecule has 0 aliphatic heterocycles. The van der Waals surface area contributed by atoms with E-state index in [1.165, 1.54) is 11.2 Å². The molecule has 0 saturated heterocycles. The van der Waals surface area contributed by atoms with E-state index in [1.807, 2.05) is 18.2 Å². The van der Waals surface area contributed by atoms with Crippen LogP contribution in [0.1, 0.15) is 23.2 Å². The van der Waals surface area contributed by atoms with Crippen molar-refractivity contribution in [3.05, 3.63) is 54.3 Å². The normalized spacial score (nSPS) is 10.2. The summed E-state index contributed by atoms with van der Waals surface area (Å²) in [6.45, 7) is -0.132. The van der Waals surface area contributed by atoms with E-state index in [0.717, 1.165) is 0 Å². The van der Waals surface area contributed by atoms with Gasteiger partial charge in [-0.2, -0.15) is 10.5 Å². The van der Waals surface area contributed by atoms with Crippen LogP contribution < -0.4 is 0 Å². The third kappa shape index (κ3) is 4.81. The molecule has 0 atom stereocenters. The van der Waals surface area contributed by atoms with Crippen molar-refractivity contribution in [3.8, 4) is 23.6 Å². The summed E-state index contributed by atoms with van der Waals surface area (Å²) in [5.41, 5.74) is 1.33. The number of benzene rings is 1. The van der Waals surface area contributed by atoms with Crippen LogP contribution in [0.3, 0.4) is 0 Å². The number of furan rings is 1. The molecule has 0 fully saturated rings. The summed E-state index contributed by atoms with van der Waals surface area (Å²) in [6, 6.07) is 16.1. The zero-order valence-corrected chi connectivity index (χ0v) is 16.1. The van der Waals surface area contributed by atoms with Crippen LogP contribution in [0, 0.1) is 22.7 Å². The van der Waals surface area contributed by atoms with Crippen molar-refractivity contribution in [2.24, 2.45) is 0 Å². The number of nitriles is 2. The zero-order valence-electron chi connectivity index (χ0n) is 16.1. The Morgan fingerprint density at radius 1 is 1.07 bits per heavy atom. The van der Waals surface area contributed by atoms with Gasteiger partial charge in [-0.1, -0.05) is 18.2 Å². The molecule has 150 valence electrons. The minimum absolute atomic E-state index is 0.132. The van der Waals surface area contributed by atoms with E-state index < -0.39 is 18.5 Å². The maximum Gasteiger partial charge on any atom is 0.339 e. The van der Waals surface area contributed by atoms with Crippen LogP contribution in [0.5, 0.6) is 0 Å². The largest absolute Gasteiger partial charge is 0.463 e. The number of hydrogen-bond acceptors (Lipinski definition) is 7. The van der Waals surface area contributed by atoms with Gasteiger partial charge in [0, 0.05) is 18.5 Å². The summed E-state index contributed by atoms with van der Waals surface area (Å²) in [4.78, 5) is 31.0. The van der Waals surface area contributed by atoms with Crippen LogP contribution in [-0.4, -0.2) is 41.5 Å². The average molecular weight is 402 g/mol. The molecular formula is C22H18N4O4. The zero-order chi connectivity index (χ0) is 21.3. The Balaban J connectivity index is 1.80. The van der Waals surface area contributed by atoms with Crippen LogP contribution in [0.2, 0.25) is 0 Å². The van der Waals surface area contributed by atoms with Gasteiger partial charge in [0.25, 0.3) is 5.91 Å². The molecule has 0 spiro atoms. The van der Waals surface area contributed by atoms with E-state index in [9.17, 15) is 9.59 Å². The number of rotatable bonds is 8. The van der Waals surface area contributed by atoms with E-state index in [1.54, 1.807) is 36.4 Å². The summed E-state index contributed by atoms with van der Waals surface area (Å²) in [7, 11) is 0. The maximum atomic E-state index is 12.8. The number of hydrogen-bond donors (Lipinski definition) is 0. The molecular weight excluding hydrogens is 384 g/mol. The minimum Gasteiger partial charge on any atom is -0.463 e. The average Bonchev–Trinajstić information content (AvgIpc) is 3.31. The van der Waals surface area contributed by atoms with Crippen molar-refractivity contribution in [3.63, 3.8) is 0 Å². The third-order valence-corrected chi connectivity index (χ3v) is 4.38. The summed E-state index contributed by atoms with van der Waals surface area (Å²) in [6.07, 6.45) is 1.78. The van der Waals surface area contributed by atoms with Crippen molar-refractivity contribution >= 4 is 22.8 Å². The quantitative estimate of drug-likeness (QED) is 0.530. The molecule has 1 aromatic carbocycles. The van der Waals surface area contributed by atoms with Crippen molar-refractivity contribution in [1.29, 1.82) is 10.5 Å². The van der Waals surface area contributed by atoms with E-state index in [4.69, 9.17) is 19.7 Å². The Kier molecular flexibility index (Phi) is 6.75.